The number of benzene rings is 1. The van der Waals surface area contributed by atoms with Gasteiger partial charge in [-0.2, -0.15) is 0 Å². The van der Waals surface area contributed by atoms with E-state index in [1.54, 1.807) is 12.1 Å². The fourth-order valence-electron chi connectivity index (χ4n) is 1.86. The van der Waals surface area contributed by atoms with Crippen molar-refractivity contribution in [2.24, 2.45) is 5.73 Å². The Morgan fingerprint density at radius 1 is 1.60 bits per heavy atom. The van der Waals surface area contributed by atoms with E-state index >= 15 is 0 Å². The molecule has 0 radical (unpaired) electrons. The van der Waals surface area contributed by atoms with Crippen molar-refractivity contribution < 1.29 is 14.6 Å². The standard InChI is InChI=1S/C10H10ClNO3/c11-6-3-1-2-5-4-7(15-10(12)14)9(13)8(5)6/h1-3,7,9,13H,4H2,(H2,12,14)/t7-,9-/m1/s1. The minimum Gasteiger partial charge on any atom is -0.443 e. The predicted molar refractivity (Wildman–Crippen MR) is 54.6 cm³/mol. The maximum absolute atomic E-state index is 10.6. The smallest absolute Gasteiger partial charge is 0.404 e. The molecule has 0 spiro atoms. The number of hydrogen-bond donors (Lipinski definition) is 2. The van der Waals surface area contributed by atoms with E-state index in [2.05, 4.69) is 0 Å². The molecule has 15 heavy (non-hydrogen) atoms. The Morgan fingerprint density at radius 3 is 2.93 bits per heavy atom. The highest BCUT2D eigenvalue weighted by Gasteiger charge is 2.34. The first-order valence-electron chi connectivity index (χ1n) is 4.51. The number of aliphatic hydroxyl groups is 1. The van der Waals surface area contributed by atoms with Crippen LogP contribution in [0.25, 0.3) is 0 Å². The minimum absolute atomic E-state index is 0.444. The highest BCUT2D eigenvalue weighted by atomic mass is 35.5. The van der Waals surface area contributed by atoms with E-state index in [0.29, 0.717) is 17.0 Å². The molecule has 0 unspecified atom stereocenters. The number of hydrogen-bond acceptors (Lipinski definition) is 3. The number of rotatable bonds is 1. The summed E-state index contributed by atoms with van der Waals surface area (Å²) in [5, 5.41) is 10.3. The van der Waals surface area contributed by atoms with Gasteiger partial charge >= 0.3 is 6.09 Å². The van der Waals surface area contributed by atoms with Crippen LogP contribution in [0, 0.1) is 0 Å². The van der Waals surface area contributed by atoms with Crippen molar-refractivity contribution in [2.75, 3.05) is 0 Å². The first-order chi connectivity index (χ1) is 7.09. The van der Waals surface area contributed by atoms with Crippen LogP contribution in [0.2, 0.25) is 5.02 Å². The molecule has 0 bridgehead atoms. The van der Waals surface area contributed by atoms with E-state index in [1.165, 1.54) is 0 Å². The molecule has 0 aliphatic heterocycles. The molecule has 1 aliphatic rings. The molecule has 5 heteroatoms. The van der Waals surface area contributed by atoms with Crippen LogP contribution in [0.5, 0.6) is 0 Å². The maximum atomic E-state index is 10.6. The molecule has 0 aromatic heterocycles. The van der Waals surface area contributed by atoms with Gasteiger partial charge in [-0.25, -0.2) is 4.79 Å². The molecule has 2 rings (SSSR count). The molecule has 0 saturated carbocycles. The number of carbonyl (C=O) groups excluding carboxylic acids is 1. The molecule has 1 amide bonds. The zero-order chi connectivity index (χ0) is 11.0. The van der Waals surface area contributed by atoms with Crippen LogP contribution in [-0.4, -0.2) is 17.3 Å². The first kappa shape index (κ1) is 10.3. The summed E-state index contributed by atoms with van der Waals surface area (Å²) in [6.45, 7) is 0. The normalized spacial score (nSPS) is 23.6. The number of aliphatic hydroxyl groups excluding tert-OH is 1. The van der Waals surface area contributed by atoms with Gasteiger partial charge in [0.25, 0.3) is 0 Å². The van der Waals surface area contributed by atoms with E-state index in [4.69, 9.17) is 22.1 Å². The van der Waals surface area contributed by atoms with Gasteiger partial charge in [0, 0.05) is 17.0 Å². The SMILES string of the molecule is NC(=O)O[C@@H]1Cc2cccc(Cl)c2[C@@H]1O. The highest BCUT2D eigenvalue weighted by Crippen LogP contribution is 2.37. The van der Waals surface area contributed by atoms with Crippen LogP contribution >= 0.6 is 11.6 Å². The van der Waals surface area contributed by atoms with Crippen molar-refractivity contribution in [1.82, 2.24) is 0 Å². The van der Waals surface area contributed by atoms with Crippen LogP contribution in [0.3, 0.4) is 0 Å². The fourth-order valence-corrected chi connectivity index (χ4v) is 2.17. The number of nitrogens with two attached hydrogens (primary N) is 1. The summed E-state index contributed by atoms with van der Waals surface area (Å²) in [5.74, 6) is 0. The molecular formula is C10H10ClNO3. The summed E-state index contributed by atoms with van der Waals surface area (Å²) in [6.07, 6.45) is -1.96. The number of primary amides is 1. The third kappa shape index (κ3) is 1.78. The lowest BCUT2D eigenvalue weighted by Gasteiger charge is -2.14. The van der Waals surface area contributed by atoms with Crippen molar-refractivity contribution in [3.63, 3.8) is 0 Å². The molecule has 0 saturated heterocycles. The van der Waals surface area contributed by atoms with Crippen molar-refractivity contribution in [3.05, 3.63) is 34.3 Å². The van der Waals surface area contributed by atoms with Gasteiger partial charge in [-0.3, -0.25) is 0 Å². The van der Waals surface area contributed by atoms with Crippen molar-refractivity contribution in [1.29, 1.82) is 0 Å². The van der Waals surface area contributed by atoms with E-state index in [1.807, 2.05) is 6.07 Å². The van der Waals surface area contributed by atoms with Gasteiger partial charge in [-0.1, -0.05) is 23.7 Å². The molecule has 80 valence electrons. The molecule has 4 nitrogen and oxygen atoms in total. The first-order valence-corrected chi connectivity index (χ1v) is 4.89. The van der Waals surface area contributed by atoms with E-state index in [0.717, 1.165) is 5.56 Å². The lowest BCUT2D eigenvalue weighted by molar-refractivity contribution is 0.0172. The molecule has 0 fully saturated rings. The number of ether oxygens (including phenoxy) is 1. The topological polar surface area (TPSA) is 72.6 Å². The van der Waals surface area contributed by atoms with Crippen LogP contribution < -0.4 is 5.73 Å². The summed E-state index contributed by atoms with van der Waals surface area (Å²) in [7, 11) is 0. The second-order valence-electron chi connectivity index (χ2n) is 3.44. The van der Waals surface area contributed by atoms with Crippen LogP contribution in [0.4, 0.5) is 4.79 Å². The lowest BCUT2D eigenvalue weighted by Crippen LogP contribution is -2.26. The van der Waals surface area contributed by atoms with Crippen molar-refractivity contribution in [2.45, 2.75) is 18.6 Å². The molecule has 1 aliphatic carbocycles. The fraction of sp³-hybridized carbons (Fsp3) is 0.300. The van der Waals surface area contributed by atoms with E-state index in [-0.39, 0.29) is 0 Å². The van der Waals surface area contributed by atoms with E-state index in [9.17, 15) is 9.90 Å². The quantitative estimate of drug-likeness (QED) is 0.762. The molecule has 0 heterocycles. The van der Waals surface area contributed by atoms with Gasteiger partial charge in [0.2, 0.25) is 0 Å². The summed E-state index contributed by atoms with van der Waals surface area (Å²) < 4.78 is 4.79. The number of carbonyl (C=O) groups is 1. The molecule has 1 aromatic rings. The van der Waals surface area contributed by atoms with Gasteiger partial charge in [-0.15, -0.1) is 0 Å². The van der Waals surface area contributed by atoms with Gasteiger partial charge in [0.1, 0.15) is 12.2 Å². The second-order valence-corrected chi connectivity index (χ2v) is 3.84. The number of halogens is 1. The number of amides is 1. The highest BCUT2D eigenvalue weighted by molar-refractivity contribution is 6.31. The summed E-state index contributed by atoms with van der Waals surface area (Å²) >= 11 is 5.93. The average molecular weight is 228 g/mol. The zero-order valence-corrected chi connectivity index (χ0v) is 8.57. The predicted octanol–water partition coefficient (Wildman–Crippen LogP) is 1.39. The summed E-state index contributed by atoms with van der Waals surface area (Å²) in [4.78, 5) is 10.6. The summed E-state index contributed by atoms with van der Waals surface area (Å²) in [5.41, 5.74) is 6.42. The molecule has 3 N–H and O–H groups in total. The molecular weight excluding hydrogens is 218 g/mol. The third-order valence-electron chi connectivity index (χ3n) is 2.48. The Bertz CT molecular complexity index is 408. The monoisotopic (exact) mass is 227 g/mol. The van der Waals surface area contributed by atoms with Crippen molar-refractivity contribution >= 4 is 17.7 Å². The number of fused-ring (bicyclic) bond motifs is 1. The van der Waals surface area contributed by atoms with Gasteiger partial charge in [-0.05, 0) is 11.6 Å². The van der Waals surface area contributed by atoms with Crippen LogP contribution in [-0.2, 0) is 11.2 Å². The van der Waals surface area contributed by atoms with E-state index < -0.39 is 18.3 Å². The molecule has 1 aromatic carbocycles. The lowest BCUT2D eigenvalue weighted by atomic mass is 10.1. The van der Waals surface area contributed by atoms with Gasteiger partial charge < -0.3 is 15.6 Å². The third-order valence-corrected chi connectivity index (χ3v) is 2.81. The van der Waals surface area contributed by atoms with Crippen molar-refractivity contribution in [3.8, 4) is 0 Å². The van der Waals surface area contributed by atoms with Gasteiger partial charge in [0.05, 0.1) is 0 Å². The Labute approximate surface area is 91.6 Å². The largest absolute Gasteiger partial charge is 0.443 e. The van der Waals surface area contributed by atoms with Crippen LogP contribution in [0.15, 0.2) is 18.2 Å². The van der Waals surface area contributed by atoms with Gasteiger partial charge in [0.15, 0.2) is 0 Å². The van der Waals surface area contributed by atoms with Crippen LogP contribution in [0.1, 0.15) is 17.2 Å². The Hall–Kier alpha value is -1.26. The maximum Gasteiger partial charge on any atom is 0.404 e. The molecule has 2 atom stereocenters. The Balaban J connectivity index is 2.29. The average Bonchev–Trinajstić information content (AvgIpc) is 2.44. The minimum atomic E-state index is -0.888. The Kier molecular flexibility index (Phi) is 2.54. The zero-order valence-electron chi connectivity index (χ0n) is 7.81. The Morgan fingerprint density at radius 2 is 2.33 bits per heavy atom. The second kappa shape index (κ2) is 3.72. The summed E-state index contributed by atoms with van der Waals surface area (Å²) in [6, 6.07) is 5.32.